The summed E-state index contributed by atoms with van der Waals surface area (Å²) >= 11 is 0. The van der Waals surface area contributed by atoms with Gasteiger partial charge in [0.25, 0.3) is 0 Å². The van der Waals surface area contributed by atoms with Crippen molar-refractivity contribution in [1.29, 1.82) is 0 Å². The van der Waals surface area contributed by atoms with Crippen LogP contribution in [0.15, 0.2) is 182 Å². The van der Waals surface area contributed by atoms with Gasteiger partial charge in [0.1, 0.15) is 0 Å². The van der Waals surface area contributed by atoms with E-state index in [-0.39, 0.29) is 33.4 Å². The fourth-order valence-corrected chi connectivity index (χ4v) is 6.52. The van der Waals surface area contributed by atoms with Gasteiger partial charge in [0, 0.05) is 66.8 Å². The highest BCUT2D eigenvalue weighted by molar-refractivity contribution is 6.37. The molecule has 0 saturated carbocycles. The van der Waals surface area contributed by atoms with E-state index in [0.29, 0.717) is 0 Å². The Bertz CT molecular complexity index is 2060. The van der Waals surface area contributed by atoms with E-state index < -0.39 is 68.1 Å². The van der Waals surface area contributed by atoms with Crippen molar-refractivity contribution < 1.29 is 28.8 Å². The Kier molecular flexibility index (Phi) is 10.00. The number of rotatable bonds is 12. The lowest BCUT2D eigenvalue weighted by atomic mass is 9.74. The molecule has 0 saturated heterocycles. The summed E-state index contributed by atoms with van der Waals surface area (Å²) in [5, 5.41) is 0. The minimum atomic E-state index is -0.780. The highest BCUT2D eigenvalue weighted by atomic mass is 16.2. The van der Waals surface area contributed by atoms with E-state index in [4.69, 9.17) is 0 Å². The molecular weight excluding hydrogens is 673 g/mol. The zero-order valence-electron chi connectivity index (χ0n) is 28.8. The van der Waals surface area contributed by atoms with Crippen molar-refractivity contribution in [3.63, 3.8) is 0 Å². The molecule has 0 amide bonds. The van der Waals surface area contributed by atoms with E-state index in [0.717, 1.165) is 0 Å². The van der Waals surface area contributed by atoms with Crippen LogP contribution < -0.4 is 0 Å². The van der Waals surface area contributed by atoms with Crippen LogP contribution >= 0.6 is 0 Å². The second kappa shape index (κ2) is 15.4. The molecule has 0 N–H and O–H groups in total. The third kappa shape index (κ3) is 6.67. The van der Waals surface area contributed by atoms with Gasteiger partial charge in [-0.05, 0) is 0 Å². The first-order chi connectivity index (χ1) is 26.4. The summed E-state index contributed by atoms with van der Waals surface area (Å²) in [7, 11) is 0. The normalized spacial score (nSPS) is 10.7. The molecule has 0 aliphatic heterocycles. The van der Waals surface area contributed by atoms with Crippen molar-refractivity contribution >= 4 is 34.7 Å². The van der Waals surface area contributed by atoms with E-state index in [1.54, 1.807) is 109 Å². The lowest BCUT2D eigenvalue weighted by molar-refractivity contribution is 0.0963. The van der Waals surface area contributed by atoms with Crippen LogP contribution in [0.2, 0.25) is 0 Å². The number of ketones is 6. The topological polar surface area (TPSA) is 102 Å². The van der Waals surface area contributed by atoms with Crippen LogP contribution in [0.4, 0.5) is 0 Å². The zero-order chi connectivity index (χ0) is 37.6. The van der Waals surface area contributed by atoms with Crippen LogP contribution in [0.25, 0.3) is 0 Å². The smallest absolute Gasteiger partial charge is 0.194 e. The predicted molar refractivity (Wildman–Crippen MR) is 206 cm³/mol. The van der Waals surface area contributed by atoms with Crippen LogP contribution in [-0.4, -0.2) is 34.7 Å². The van der Waals surface area contributed by atoms with Gasteiger partial charge >= 0.3 is 0 Å². The van der Waals surface area contributed by atoms with E-state index in [9.17, 15) is 0 Å². The van der Waals surface area contributed by atoms with Gasteiger partial charge in [-0.15, -0.1) is 0 Å². The van der Waals surface area contributed by atoms with E-state index in [2.05, 4.69) is 0 Å². The molecule has 0 spiro atoms. The molecule has 7 aromatic carbocycles. The first-order valence-corrected chi connectivity index (χ1v) is 17.2. The molecule has 0 fully saturated rings. The first-order valence-electron chi connectivity index (χ1n) is 17.2. The van der Waals surface area contributed by atoms with E-state index in [1.807, 2.05) is 0 Å². The fourth-order valence-electron chi connectivity index (χ4n) is 6.52. The molecule has 0 aromatic heterocycles. The number of benzene rings is 7. The highest BCUT2D eigenvalue weighted by Crippen LogP contribution is 2.38. The summed E-state index contributed by atoms with van der Waals surface area (Å²) in [5.74, 6) is -4.68. The molecule has 7 aromatic rings. The molecule has 0 radical (unpaired) electrons. The Hall–Kier alpha value is -7.44. The summed E-state index contributed by atoms with van der Waals surface area (Å²) in [6.45, 7) is 0. The second-order valence-corrected chi connectivity index (χ2v) is 12.4. The third-order valence-corrected chi connectivity index (χ3v) is 9.08. The lowest BCUT2D eigenvalue weighted by Gasteiger charge is -2.24. The van der Waals surface area contributed by atoms with Crippen molar-refractivity contribution in [3.8, 4) is 0 Å². The molecule has 7 rings (SSSR count). The summed E-state index contributed by atoms with van der Waals surface area (Å²) in [6, 6.07) is 48.1. The minimum Gasteiger partial charge on any atom is -0.289 e. The largest absolute Gasteiger partial charge is 0.289 e. The van der Waals surface area contributed by atoms with Crippen molar-refractivity contribution in [2.24, 2.45) is 0 Å². The Morgan fingerprint density at radius 1 is 0.185 bits per heavy atom. The van der Waals surface area contributed by atoms with Gasteiger partial charge in [0.05, 0.1) is 0 Å². The molecule has 0 bridgehead atoms. The molecule has 6 nitrogen and oxygen atoms in total. The predicted octanol–water partition coefficient (Wildman–Crippen LogP) is 9.07. The van der Waals surface area contributed by atoms with Gasteiger partial charge in [-0.1, -0.05) is 182 Å². The van der Waals surface area contributed by atoms with Crippen molar-refractivity contribution in [2.45, 2.75) is 0 Å². The van der Waals surface area contributed by atoms with Crippen LogP contribution in [0.1, 0.15) is 95.5 Å². The summed E-state index contributed by atoms with van der Waals surface area (Å²) in [4.78, 5) is 90.7. The summed E-state index contributed by atoms with van der Waals surface area (Å²) in [5.41, 5.74) is -2.13. The molecule has 0 aliphatic carbocycles. The van der Waals surface area contributed by atoms with Crippen molar-refractivity contribution in [3.05, 3.63) is 249 Å². The van der Waals surface area contributed by atoms with Crippen LogP contribution in [0, 0.1) is 0 Å². The van der Waals surface area contributed by atoms with Crippen LogP contribution in [0.3, 0.4) is 0 Å². The summed E-state index contributed by atoms with van der Waals surface area (Å²) < 4.78 is 0. The quantitative estimate of drug-likeness (QED) is 0.118. The van der Waals surface area contributed by atoms with Gasteiger partial charge in [-0.3, -0.25) is 28.8 Å². The Labute approximate surface area is 311 Å². The highest BCUT2D eigenvalue weighted by Gasteiger charge is 2.41. The van der Waals surface area contributed by atoms with Gasteiger partial charge in [0.15, 0.2) is 34.7 Å². The van der Waals surface area contributed by atoms with Gasteiger partial charge in [0.2, 0.25) is 0 Å². The van der Waals surface area contributed by atoms with Crippen LogP contribution in [-0.2, 0) is 0 Å². The first kappa shape index (κ1) is 35.0. The maximum Gasteiger partial charge on any atom is 0.194 e. The van der Waals surface area contributed by atoms with E-state index >= 15 is 28.8 Å². The molecule has 6 heteroatoms. The average molecular weight is 703 g/mol. The maximum atomic E-state index is 15.1. The van der Waals surface area contributed by atoms with Crippen LogP contribution in [0.5, 0.6) is 0 Å². The van der Waals surface area contributed by atoms with Gasteiger partial charge in [-0.2, -0.15) is 0 Å². The number of hydrogen-bond acceptors (Lipinski definition) is 6. The standard InChI is InChI=1S/C48H30O6/c49-43(31-19-7-1-8-20-31)37-38(44(50)32-21-9-2-10-22-32)40(46(52)34-25-13-4-14-26-34)42(48(54)36-29-17-6-18-30-36)41(47(53)35-27-15-5-16-28-35)39(37)45(51)33-23-11-3-12-24-33/h1-30H. The summed E-state index contributed by atoms with van der Waals surface area (Å²) in [6.07, 6.45) is 0. The van der Waals surface area contributed by atoms with Gasteiger partial charge < -0.3 is 0 Å². The van der Waals surface area contributed by atoms with E-state index in [1.165, 1.54) is 72.8 Å². The number of hydrogen-bond donors (Lipinski definition) is 0. The zero-order valence-corrected chi connectivity index (χ0v) is 28.8. The number of carbonyl (C=O) groups excluding carboxylic acids is 6. The molecule has 0 unspecified atom stereocenters. The van der Waals surface area contributed by atoms with Crippen molar-refractivity contribution in [2.75, 3.05) is 0 Å². The lowest BCUT2D eigenvalue weighted by Crippen LogP contribution is -2.29. The third-order valence-electron chi connectivity index (χ3n) is 9.08. The second-order valence-electron chi connectivity index (χ2n) is 12.4. The number of carbonyl (C=O) groups is 6. The fraction of sp³-hybridized carbons (Fsp3) is 0. The monoisotopic (exact) mass is 702 g/mol. The van der Waals surface area contributed by atoms with Gasteiger partial charge in [-0.25, -0.2) is 0 Å². The van der Waals surface area contributed by atoms with Crippen molar-refractivity contribution in [1.82, 2.24) is 0 Å². The molecule has 0 aliphatic rings. The molecule has 0 atom stereocenters. The minimum absolute atomic E-state index is 0.0973. The molecule has 258 valence electrons. The Balaban J connectivity index is 1.77. The maximum absolute atomic E-state index is 15.1. The average Bonchev–Trinajstić information content (AvgIpc) is 3.25. The Morgan fingerprint density at radius 3 is 0.407 bits per heavy atom. The molecule has 0 heterocycles. The SMILES string of the molecule is O=C(c1ccccc1)c1c(C(=O)c2ccccc2)c(C(=O)c2ccccc2)c(C(=O)c2ccccc2)c(C(=O)c2ccccc2)c1C(=O)c1ccccc1. The Morgan fingerprint density at radius 2 is 0.296 bits per heavy atom. The molecular formula is C48H30O6. The molecule has 54 heavy (non-hydrogen) atoms.